The maximum absolute atomic E-state index is 12.2. The molecule has 2 aromatic heterocycles. The Hall–Kier alpha value is -2.30. The molecule has 1 amide bonds. The topological polar surface area (TPSA) is 72.9 Å². The Balaban J connectivity index is 2.25. The van der Waals surface area contributed by atoms with E-state index in [1.54, 1.807) is 12.3 Å². The van der Waals surface area contributed by atoms with E-state index in [0.717, 1.165) is 11.3 Å². The fraction of sp³-hybridized carbons (Fsp3) is 0.286. The van der Waals surface area contributed by atoms with Crippen molar-refractivity contribution < 1.29 is 4.79 Å². The highest BCUT2D eigenvalue weighted by molar-refractivity contribution is 6.03. The minimum atomic E-state index is -0.198. The zero-order valence-electron chi connectivity index (χ0n) is 11.4. The summed E-state index contributed by atoms with van der Waals surface area (Å²) in [7, 11) is 0. The predicted octanol–water partition coefficient (Wildman–Crippen LogP) is 2.35. The summed E-state index contributed by atoms with van der Waals surface area (Å²) in [6.07, 6.45) is 1.75. The molecule has 0 unspecified atom stereocenters. The SMILES string of the molecule is CCn1cc(N)cc1C(=O)Nc1cc(C)cc(C)n1. The minimum Gasteiger partial charge on any atom is -0.397 e. The smallest absolute Gasteiger partial charge is 0.273 e. The molecule has 2 rings (SSSR count). The molecule has 0 spiro atoms. The van der Waals surface area contributed by atoms with Gasteiger partial charge in [-0.05, 0) is 44.5 Å². The van der Waals surface area contributed by atoms with Gasteiger partial charge >= 0.3 is 0 Å². The Labute approximate surface area is 112 Å². The summed E-state index contributed by atoms with van der Waals surface area (Å²) >= 11 is 0. The number of amides is 1. The van der Waals surface area contributed by atoms with E-state index in [4.69, 9.17) is 5.73 Å². The summed E-state index contributed by atoms with van der Waals surface area (Å²) in [5.41, 5.74) is 8.78. The van der Waals surface area contributed by atoms with Gasteiger partial charge in [-0.2, -0.15) is 0 Å². The summed E-state index contributed by atoms with van der Waals surface area (Å²) in [6, 6.07) is 5.47. The summed E-state index contributed by atoms with van der Waals surface area (Å²) in [6.45, 7) is 6.53. The van der Waals surface area contributed by atoms with Gasteiger partial charge in [-0.15, -0.1) is 0 Å². The molecule has 5 nitrogen and oxygen atoms in total. The molecule has 0 aliphatic rings. The Morgan fingerprint density at radius 2 is 2.11 bits per heavy atom. The van der Waals surface area contributed by atoms with Crippen LogP contribution < -0.4 is 11.1 Å². The van der Waals surface area contributed by atoms with E-state index >= 15 is 0 Å². The van der Waals surface area contributed by atoms with Crippen molar-refractivity contribution in [3.8, 4) is 0 Å². The van der Waals surface area contributed by atoms with Crippen molar-refractivity contribution in [2.45, 2.75) is 27.3 Å². The number of pyridine rings is 1. The molecule has 0 aliphatic heterocycles. The molecule has 19 heavy (non-hydrogen) atoms. The van der Waals surface area contributed by atoms with E-state index in [1.165, 1.54) is 0 Å². The molecular formula is C14H18N4O. The van der Waals surface area contributed by atoms with Gasteiger partial charge in [0.2, 0.25) is 0 Å². The van der Waals surface area contributed by atoms with Crippen molar-refractivity contribution in [2.75, 3.05) is 11.1 Å². The van der Waals surface area contributed by atoms with Crippen LogP contribution in [-0.4, -0.2) is 15.5 Å². The molecule has 2 heterocycles. The van der Waals surface area contributed by atoms with Crippen LogP contribution in [0, 0.1) is 13.8 Å². The first kappa shape index (κ1) is 13.1. The third-order valence-corrected chi connectivity index (χ3v) is 2.83. The number of carbonyl (C=O) groups excluding carboxylic acids is 1. The Kier molecular flexibility index (Phi) is 3.55. The fourth-order valence-electron chi connectivity index (χ4n) is 2.07. The summed E-state index contributed by atoms with van der Waals surface area (Å²) in [5, 5.41) is 2.80. The maximum atomic E-state index is 12.2. The van der Waals surface area contributed by atoms with Gasteiger partial charge < -0.3 is 15.6 Å². The zero-order chi connectivity index (χ0) is 14.0. The highest BCUT2D eigenvalue weighted by Crippen LogP contribution is 2.14. The molecular weight excluding hydrogens is 240 g/mol. The van der Waals surface area contributed by atoms with Gasteiger partial charge in [-0.1, -0.05) is 0 Å². The molecule has 100 valence electrons. The van der Waals surface area contributed by atoms with Crippen LogP contribution in [0.2, 0.25) is 0 Å². The number of carbonyl (C=O) groups is 1. The quantitative estimate of drug-likeness (QED) is 0.887. The Morgan fingerprint density at radius 3 is 2.74 bits per heavy atom. The van der Waals surface area contributed by atoms with Crippen LogP contribution in [0.4, 0.5) is 11.5 Å². The summed E-state index contributed by atoms with van der Waals surface area (Å²) in [4.78, 5) is 16.5. The van der Waals surface area contributed by atoms with E-state index in [9.17, 15) is 4.79 Å². The molecule has 3 N–H and O–H groups in total. The molecule has 0 bridgehead atoms. The van der Waals surface area contributed by atoms with Gasteiger partial charge in [0.05, 0.1) is 5.69 Å². The van der Waals surface area contributed by atoms with Crippen LogP contribution in [0.3, 0.4) is 0 Å². The summed E-state index contributed by atoms with van der Waals surface area (Å²) < 4.78 is 1.81. The third kappa shape index (κ3) is 2.93. The second-order valence-corrected chi connectivity index (χ2v) is 4.57. The van der Waals surface area contributed by atoms with Crippen LogP contribution in [-0.2, 0) is 6.54 Å². The van der Waals surface area contributed by atoms with Crippen LogP contribution in [0.1, 0.15) is 28.7 Å². The van der Waals surface area contributed by atoms with E-state index in [2.05, 4.69) is 10.3 Å². The van der Waals surface area contributed by atoms with Crippen molar-refractivity contribution >= 4 is 17.4 Å². The first-order valence-electron chi connectivity index (χ1n) is 6.22. The van der Waals surface area contributed by atoms with Gasteiger partial charge in [0, 0.05) is 18.4 Å². The molecule has 0 fully saturated rings. The standard InChI is InChI=1S/C14H18N4O/c1-4-18-8-11(15)7-12(18)14(19)17-13-6-9(2)5-10(3)16-13/h5-8H,4,15H2,1-3H3,(H,16,17,19). The molecule has 5 heteroatoms. The second-order valence-electron chi connectivity index (χ2n) is 4.57. The number of aromatic nitrogens is 2. The van der Waals surface area contributed by atoms with E-state index in [-0.39, 0.29) is 5.91 Å². The average molecular weight is 258 g/mol. The number of hydrogen-bond donors (Lipinski definition) is 2. The van der Waals surface area contributed by atoms with Crippen LogP contribution in [0.15, 0.2) is 24.4 Å². The van der Waals surface area contributed by atoms with Gasteiger partial charge in [-0.3, -0.25) is 4.79 Å². The number of nitrogen functional groups attached to an aromatic ring is 1. The van der Waals surface area contributed by atoms with Gasteiger partial charge in [0.15, 0.2) is 0 Å². The summed E-state index contributed by atoms with van der Waals surface area (Å²) in [5.74, 6) is 0.362. The lowest BCUT2D eigenvalue weighted by molar-refractivity contribution is 0.101. The molecule has 0 atom stereocenters. The number of hydrogen-bond acceptors (Lipinski definition) is 3. The molecule has 2 aromatic rings. The number of nitrogens with zero attached hydrogens (tertiary/aromatic N) is 2. The lowest BCUT2D eigenvalue weighted by Crippen LogP contribution is -2.17. The van der Waals surface area contributed by atoms with Gasteiger partial charge in [0.25, 0.3) is 5.91 Å². The maximum Gasteiger partial charge on any atom is 0.273 e. The molecule has 0 radical (unpaired) electrons. The van der Waals surface area contributed by atoms with E-state index in [0.29, 0.717) is 23.7 Å². The van der Waals surface area contributed by atoms with Crippen molar-refractivity contribution in [2.24, 2.45) is 0 Å². The molecule has 0 saturated heterocycles. The highest BCUT2D eigenvalue weighted by atomic mass is 16.2. The normalized spacial score (nSPS) is 10.5. The minimum absolute atomic E-state index is 0.198. The monoisotopic (exact) mass is 258 g/mol. The van der Waals surface area contributed by atoms with Crippen LogP contribution >= 0.6 is 0 Å². The largest absolute Gasteiger partial charge is 0.397 e. The van der Waals surface area contributed by atoms with E-state index < -0.39 is 0 Å². The van der Waals surface area contributed by atoms with Gasteiger partial charge in [0.1, 0.15) is 11.5 Å². The number of rotatable bonds is 3. The number of aryl methyl sites for hydroxylation is 3. The zero-order valence-corrected chi connectivity index (χ0v) is 11.4. The second kappa shape index (κ2) is 5.14. The molecule has 0 saturated carbocycles. The first-order valence-corrected chi connectivity index (χ1v) is 6.22. The number of anilines is 2. The third-order valence-electron chi connectivity index (χ3n) is 2.83. The average Bonchev–Trinajstić information content (AvgIpc) is 2.69. The highest BCUT2D eigenvalue weighted by Gasteiger charge is 2.13. The number of nitrogens with one attached hydrogen (secondary N) is 1. The van der Waals surface area contributed by atoms with Crippen molar-refractivity contribution in [1.82, 2.24) is 9.55 Å². The fourth-order valence-corrected chi connectivity index (χ4v) is 2.07. The van der Waals surface area contributed by atoms with E-state index in [1.807, 2.05) is 37.5 Å². The van der Waals surface area contributed by atoms with Crippen molar-refractivity contribution in [3.63, 3.8) is 0 Å². The lowest BCUT2D eigenvalue weighted by Gasteiger charge is -2.08. The van der Waals surface area contributed by atoms with Crippen molar-refractivity contribution in [3.05, 3.63) is 41.3 Å². The predicted molar refractivity (Wildman–Crippen MR) is 76.2 cm³/mol. The van der Waals surface area contributed by atoms with Gasteiger partial charge in [-0.25, -0.2) is 4.98 Å². The van der Waals surface area contributed by atoms with Crippen LogP contribution in [0.25, 0.3) is 0 Å². The Bertz CT molecular complexity index is 596. The van der Waals surface area contributed by atoms with Crippen molar-refractivity contribution in [1.29, 1.82) is 0 Å². The number of nitrogens with two attached hydrogens (primary N) is 1. The van der Waals surface area contributed by atoms with Crippen LogP contribution in [0.5, 0.6) is 0 Å². The lowest BCUT2D eigenvalue weighted by atomic mass is 10.2. The Morgan fingerprint density at radius 1 is 1.37 bits per heavy atom. The molecule has 0 aromatic carbocycles. The first-order chi connectivity index (χ1) is 8.99. The molecule has 0 aliphatic carbocycles.